The van der Waals surface area contributed by atoms with E-state index in [2.05, 4.69) is 4.98 Å². The van der Waals surface area contributed by atoms with Crippen molar-refractivity contribution in [1.29, 1.82) is 0 Å². The summed E-state index contributed by atoms with van der Waals surface area (Å²) in [5.41, 5.74) is 7.63. The first-order valence-corrected chi connectivity index (χ1v) is 6.42. The zero-order valence-corrected chi connectivity index (χ0v) is 11.6. The van der Waals surface area contributed by atoms with Crippen LogP contribution in [0.5, 0.6) is 5.75 Å². The normalized spacial score (nSPS) is 10.9. The van der Waals surface area contributed by atoms with Gasteiger partial charge < -0.3 is 16.3 Å². The largest absolute Gasteiger partial charge is 0.491 e. The van der Waals surface area contributed by atoms with Gasteiger partial charge in [-0.05, 0) is 38.1 Å². The van der Waals surface area contributed by atoms with Crippen LogP contribution in [-0.4, -0.2) is 15.8 Å². The molecule has 0 amide bonds. The zero-order chi connectivity index (χ0) is 14.0. The summed E-state index contributed by atoms with van der Waals surface area (Å²) in [4.78, 5) is 4.46. The number of hydrogen-bond donors (Lipinski definition) is 2. The number of imidazole rings is 1. The standard InChI is InChI=1S/C14H20N4O/c1-4-12-17-13(14(15)18(12)16)10-5-7-11(8-6-10)19-9(2)3/h5-9H,4,15-16H2,1-3H3. The van der Waals surface area contributed by atoms with Crippen LogP contribution in [0.2, 0.25) is 0 Å². The van der Waals surface area contributed by atoms with Crippen molar-refractivity contribution in [3.8, 4) is 17.0 Å². The lowest BCUT2D eigenvalue weighted by atomic mass is 10.1. The SMILES string of the molecule is CCc1nc(-c2ccc(OC(C)C)cc2)c(N)n1N. The molecule has 0 saturated heterocycles. The highest BCUT2D eigenvalue weighted by atomic mass is 16.5. The van der Waals surface area contributed by atoms with Crippen LogP contribution >= 0.6 is 0 Å². The van der Waals surface area contributed by atoms with E-state index in [-0.39, 0.29) is 6.10 Å². The Hall–Kier alpha value is -2.17. The van der Waals surface area contributed by atoms with Crippen LogP contribution in [0.3, 0.4) is 0 Å². The quantitative estimate of drug-likeness (QED) is 0.826. The Labute approximate surface area is 113 Å². The predicted molar refractivity (Wildman–Crippen MR) is 77.4 cm³/mol. The molecule has 0 aliphatic rings. The van der Waals surface area contributed by atoms with Crippen molar-refractivity contribution >= 4 is 5.82 Å². The number of anilines is 1. The molecule has 4 N–H and O–H groups in total. The maximum absolute atomic E-state index is 5.97. The van der Waals surface area contributed by atoms with E-state index in [4.69, 9.17) is 16.3 Å². The molecule has 0 unspecified atom stereocenters. The number of ether oxygens (including phenoxy) is 1. The molecule has 0 bridgehead atoms. The van der Waals surface area contributed by atoms with E-state index >= 15 is 0 Å². The predicted octanol–water partition coefficient (Wildman–Crippen LogP) is 2.20. The van der Waals surface area contributed by atoms with Gasteiger partial charge >= 0.3 is 0 Å². The summed E-state index contributed by atoms with van der Waals surface area (Å²) >= 11 is 0. The molecule has 1 aromatic carbocycles. The minimum atomic E-state index is 0.158. The molecule has 2 rings (SSSR count). The van der Waals surface area contributed by atoms with Crippen molar-refractivity contribution in [2.75, 3.05) is 11.6 Å². The molecule has 102 valence electrons. The van der Waals surface area contributed by atoms with Crippen molar-refractivity contribution in [3.63, 3.8) is 0 Å². The first-order valence-electron chi connectivity index (χ1n) is 6.42. The molecular formula is C14H20N4O. The van der Waals surface area contributed by atoms with Crippen molar-refractivity contribution < 1.29 is 4.74 Å². The summed E-state index contributed by atoms with van der Waals surface area (Å²) in [5.74, 6) is 7.94. The Morgan fingerprint density at radius 1 is 1.26 bits per heavy atom. The second-order valence-electron chi connectivity index (χ2n) is 4.68. The third-order valence-electron chi connectivity index (χ3n) is 2.84. The summed E-state index contributed by atoms with van der Waals surface area (Å²) < 4.78 is 7.04. The molecule has 1 heterocycles. The summed E-state index contributed by atoms with van der Waals surface area (Å²) in [6.07, 6.45) is 0.903. The van der Waals surface area contributed by atoms with E-state index in [0.29, 0.717) is 5.82 Å². The average Bonchev–Trinajstić information content (AvgIpc) is 2.66. The molecule has 1 aromatic heterocycles. The number of hydrogen-bond acceptors (Lipinski definition) is 4. The van der Waals surface area contributed by atoms with Crippen LogP contribution in [0.4, 0.5) is 5.82 Å². The Kier molecular flexibility index (Phi) is 3.64. The second-order valence-corrected chi connectivity index (χ2v) is 4.68. The monoisotopic (exact) mass is 260 g/mol. The highest BCUT2D eigenvalue weighted by Gasteiger charge is 2.13. The lowest BCUT2D eigenvalue weighted by Gasteiger charge is -2.09. The number of aryl methyl sites for hydroxylation is 1. The Morgan fingerprint density at radius 3 is 2.37 bits per heavy atom. The topological polar surface area (TPSA) is 79.1 Å². The van der Waals surface area contributed by atoms with Gasteiger partial charge in [-0.25, -0.2) is 9.66 Å². The summed E-state index contributed by atoms with van der Waals surface area (Å²) in [7, 11) is 0. The minimum Gasteiger partial charge on any atom is -0.491 e. The van der Waals surface area contributed by atoms with Gasteiger partial charge in [0.15, 0.2) is 5.82 Å². The zero-order valence-electron chi connectivity index (χ0n) is 11.6. The van der Waals surface area contributed by atoms with Crippen molar-refractivity contribution in [2.24, 2.45) is 0 Å². The van der Waals surface area contributed by atoms with Gasteiger partial charge in [-0.3, -0.25) is 0 Å². The van der Waals surface area contributed by atoms with E-state index in [9.17, 15) is 0 Å². The molecule has 0 radical (unpaired) electrons. The van der Waals surface area contributed by atoms with Crippen LogP contribution in [0.15, 0.2) is 24.3 Å². The Bertz CT molecular complexity index is 558. The molecule has 0 saturated carbocycles. The van der Waals surface area contributed by atoms with Crippen LogP contribution in [0, 0.1) is 0 Å². The van der Waals surface area contributed by atoms with Crippen molar-refractivity contribution in [3.05, 3.63) is 30.1 Å². The molecule has 0 atom stereocenters. The van der Waals surface area contributed by atoms with Crippen LogP contribution in [-0.2, 0) is 6.42 Å². The third kappa shape index (κ3) is 2.65. The van der Waals surface area contributed by atoms with Gasteiger partial charge in [-0.15, -0.1) is 0 Å². The fraction of sp³-hybridized carbons (Fsp3) is 0.357. The lowest BCUT2D eigenvalue weighted by molar-refractivity contribution is 0.242. The van der Waals surface area contributed by atoms with Gasteiger partial charge in [-0.2, -0.15) is 0 Å². The summed E-state index contributed by atoms with van der Waals surface area (Å²) in [6.45, 7) is 5.99. The molecule has 0 aliphatic carbocycles. The first-order chi connectivity index (χ1) is 9.02. The van der Waals surface area contributed by atoms with E-state index in [1.54, 1.807) is 0 Å². The second kappa shape index (κ2) is 5.22. The number of benzene rings is 1. The highest BCUT2D eigenvalue weighted by molar-refractivity contribution is 5.71. The Morgan fingerprint density at radius 2 is 1.89 bits per heavy atom. The highest BCUT2D eigenvalue weighted by Crippen LogP contribution is 2.27. The van der Waals surface area contributed by atoms with Crippen LogP contribution < -0.4 is 16.3 Å². The molecule has 0 spiro atoms. The maximum atomic E-state index is 5.97. The fourth-order valence-electron chi connectivity index (χ4n) is 1.92. The molecule has 19 heavy (non-hydrogen) atoms. The van der Waals surface area contributed by atoms with E-state index in [1.807, 2.05) is 45.0 Å². The average molecular weight is 260 g/mol. The fourth-order valence-corrected chi connectivity index (χ4v) is 1.92. The van der Waals surface area contributed by atoms with Gasteiger partial charge in [0.2, 0.25) is 0 Å². The first kappa shape index (κ1) is 13.3. The van der Waals surface area contributed by atoms with E-state index in [0.717, 1.165) is 29.3 Å². The summed E-state index contributed by atoms with van der Waals surface area (Å²) in [5, 5.41) is 0. The Balaban J connectivity index is 2.32. The molecule has 5 heteroatoms. The number of aromatic nitrogens is 2. The number of rotatable bonds is 4. The van der Waals surface area contributed by atoms with Gasteiger partial charge in [-0.1, -0.05) is 6.92 Å². The van der Waals surface area contributed by atoms with E-state index in [1.165, 1.54) is 4.68 Å². The van der Waals surface area contributed by atoms with Crippen LogP contribution in [0.25, 0.3) is 11.3 Å². The number of nitrogens with zero attached hydrogens (tertiary/aromatic N) is 2. The van der Waals surface area contributed by atoms with Gasteiger partial charge in [0, 0.05) is 12.0 Å². The smallest absolute Gasteiger partial charge is 0.150 e. The van der Waals surface area contributed by atoms with Gasteiger partial charge in [0.1, 0.15) is 17.3 Å². The maximum Gasteiger partial charge on any atom is 0.150 e. The van der Waals surface area contributed by atoms with Gasteiger partial charge in [0.25, 0.3) is 0 Å². The molecule has 0 fully saturated rings. The number of nitrogen functional groups attached to an aromatic ring is 2. The molecule has 0 aliphatic heterocycles. The lowest BCUT2D eigenvalue weighted by Crippen LogP contribution is -2.14. The van der Waals surface area contributed by atoms with Crippen molar-refractivity contribution in [1.82, 2.24) is 9.66 Å². The van der Waals surface area contributed by atoms with Crippen molar-refractivity contribution in [2.45, 2.75) is 33.3 Å². The summed E-state index contributed by atoms with van der Waals surface area (Å²) in [6, 6.07) is 7.71. The molecule has 5 nitrogen and oxygen atoms in total. The third-order valence-corrected chi connectivity index (χ3v) is 2.84. The minimum absolute atomic E-state index is 0.158. The van der Waals surface area contributed by atoms with Gasteiger partial charge in [0.05, 0.1) is 6.10 Å². The van der Waals surface area contributed by atoms with E-state index < -0.39 is 0 Å². The molecular weight excluding hydrogens is 240 g/mol. The van der Waals surface area contributed by atoms with Crippen LogP contribution in [0.1, 0.15) is 26.6 Å². The number of nitrogens with two attached hydrogens (primary N) is 2. The molecule has 2 aromatic rings.